The molecule has 0 saturated carbocycles. The Balaban J connectivity index is 2.21. The van der Waals surface area contributed by atoms with Crippen LogP contribution in [0.25, 0.3) is 22.4 Å². The van der Waals surface area contributed by atoms with Crippen molar-refractivity contribution in [1.82, 2.24) is 9.78 Å². The number of nitrogens with zero attached hydrogens (tertiary/aromatic N) is 2. The van der Waals surface area contributed by atoms with E-state index >= 15 is 0 Å². The number of hydrogen-bond acceptors (Lipinski definition) is 3. The fraction of sp³-hybridized carbons (Fsp3) is 0.318. The van der Waals surface area contributed by atoms with Gasteiger partial charge in [0.05, 0.1) is 11.3 Å². The number of aryl methyl sites for hydroxylation is 3. The highest BCUT2D eigenvalue weighted by atomic mass is 16.3. The first kappa shape index (κ1) is 18.1. The summed E-state index contributed by atoms with van der Waals surface area (Å²) in [6.45, 7) is 4.16. The van der Waals surface area contributed by atoms with Gasteiger partial charge in [0.1, 0.15) is 11.5 Å². The third kappa shape index (κ3) is 3.45. The molecule has 0 aliphatic rings. The Morgan fingerprint density at radius 1 is 1.04 bits per heavy atom. The molecule has 0 aliphatic carbocycles. The predicted octanol–water partition coefficient (Wildman–Crippen LogP) is 5.21. The summed E-state index contributed by atoms with van der Waals surface area (Å²) < 4.78 is 1.76. The molecule has 1 aromatic heterocycles. The molecule has 0 fully saturated rings. The van der Waals surface area contributed by atoms with Gasteiger partial charge in [0.15, 0.2) is 0 Å². The van der Waals surface area contributed by atoms with Crippen LogP contribution in [0.15, 0.2) is 42.6 Å². The monoisotopic (exact) mass is 350 g/mol. The van der Waals surface area contributed by atoms with Crippen molar-refractivity contribution in [3.8, 4) is 33.9 Å². The topological polar surface area (TPSA) is 58.3 Å². The molecule has 136 valence electrons. The minimum Gasteiger partial charge on any atom is -0.507 e. The lowest BCUT2D eigenvalue weighted by atomic mass is 9.91. The normalized spacial score (nSPS) is 11.0. The van der Waals surface area contributed by atoms with Crippen LogP contribution in [0, 0.1) is 6.92 Å². The van der Waals surface area contributed by atoms with Gasteiger partial charge < -0.3 is 10.2 Å². The summed E-state index contributed by atoms with van der Waals surface area (Å²) >= 11 is 0. The van der Waals surface area contributed by atoms with Gasteiger partial charge in [0, 0.05) is 18.8 Å². The van der Waals surface area contributed by atoms with E-state index in [0.717, 1.165) is 53.6 Å². The molecule has 0 aliphatic heterocycles. The van der Waals surface area contributed by atoms with Crippen LogP contribution in [0.3, 0.4) is 0 Å². The molecule has 26 heavy (non-hydrogen) atoms. The number of benzene rings is 2. The number of phenols is 2. The smallest absolute Gasteiger partial charge is 0.136 e. The second kappa shape index (κ2) is 7.65. The van der Waals surface area contributed by atoms with Gasteiger partial charge in [-0.25, -0.2) is 0 Å². The maximum absolute atomic E-state index is 11.1. The van der Waals surface area contributed by atoms with E-state index in [9.17, 15) is 10.2 Å². The SMILES string of the molecule is CCCCCc1cc(O)c(-c2cccc(C)c2)c(O)c1-c1ccnn1C. The molecule has 0 unspecified atom stereocenters. The molecule has 0 atom stereocenters. The Hall–Kier alpha value is -2.75. The van der Waals surface area contributed by atoms with Crippen molar-refractivity contribution >= 4 is 0 Å². The van der Waals surface area contributed by atoms with E-state index in [-0.39, 0.29) is 11.5 Å². The van der Waals surface area contributed by atoms with E-state index < -0.39 is 0 Å². The van der Waals surface area contributed by atoms with Gasteiger partial charge in [-0.3, -0.25) is 4.68 Å². The molecule has 3 rings (SSSR count). The molecule has 2 N–H and O–H groups in total. The van der Waals surface area contributed by atoms with Gasteiger partial charge in [-0.1, -0.05) is 49.6 Å². The Kier molecular flexibility index (Phi) is 5.31. The van der Waals surface area contributed by atoms with Crippen LogP contribution in [0.4, 0.5) is 0 Å². The molecular weight excluding hydrogens is 324 g/mol. The number of unbranched alkanes of at least 4 members (excludes halogenated alkanes) is 2. The lowest BCUT2D eigenvalue weighted by Crippen LogP contribution is -1.99. The van der Waals surface area contributed by atoms with Crippen molar-refractivity contribution in [1.29, 1.82) is 0 Å². The van der Waals surface area contributed by atoms with E-state index in [2.05, 4.69) is 12.0 Å². The number of aromatic hydroxyl groups is 2. The average molecular weight is 350 g/mol. The fourth-order valence-electron chi connectivity index (χ4n) is 3.46. The summed E-state index contributed by atoms with van der Waals surface area (Å²) in [4.78, 5) is 0. The average Bonchev–Trinajstić information content (AvgIpc) is 3.01. The minimum absolute atomic E-state index is 0.116. The van der Waals surface area contributed by atoms with Crippen LogP contribution >= 0.6 is 0 Å². The third-order valence-electron chi connectivity index (χ3n) is 4.80. The molecule has 3 aromatic rings. The first-order valence-corrected chi connectivity index (χ1v) is 9.16. The molecule has 4 heteroatoms. The highest BCUT2D eigenvalue weighted by Crippen LogP contribution is 2.46. The molecule has 0 radical (unpaired) electrons. The summed E-state index contributed by atoms with van der Waals surface area (Å²) in [6, 6.07) is 11.5. The van der Waals surface area contributed by atoms with Gasteiger partial charge in [0.25, 0.3) is 0 Å². The summed E-state index contributed by atoms with van der Waals surface area (Å²) in [6.07, 6.45) is 5.80. The van der Waals surface area contributed by atoms with Gasteiger partial charge in [-0.05, 0) is 43.0 Å². The van der Waals surface area contributed by atoms with Crippen LogP contribution in [-0.4, -0.2) is 20.0 Å². The Morgan fingerprint density at radius 2 is 1.85 bits per heavy atom. The quantitative estimate of drug-likeness (QED) is 0.600. The third-order valence-corrected chi connectivity index (χ3v) is 4.80. The zero-order valence-corrected chi connectivity index (χ0v) is 15.7. The molecule has 1 heterocycles. The number of aromatic nitrogens is 2. The van der Waals surface area contributed by atoms with Crippen molar-refractivity contribution < 1.29 is 10.2 Å². The predicted molar refractivity (Wildman–Crippen MR) is 105 cm³/mol. The van der Waals surface area contributed by atoms with E-state index in [1.807, 2.05) is 44.3 Å². The van der Waals surface area contributed by atoms with Gasteiger partial charge >= 0.3 is 0 Å². The number of hydrogen-bond donors (Lipinski definition) is 2. The van der Waals surface area contributed by atoms with Crippen LogP contribution in [0.5, 0.6) is 11.5 Å². The largest absolute Gasteiger partial charge is 0.507 e. The van der Waals surface area contributed by atoms with Gasteiger partial charge in [0.2, 0.25) is 0 Å². The summed E-state index contributed by atoms with van der Waals surface area (Å²) in [5.41, 5.74) is 4.93. The first-order chi connectivity index (χ1) is 12.5. The Bertz CT molecular complexity index is 913. The van der Waals surface area contributed by atoms with Crippen molar-refractivity contribution in [2.45, 2.75) is 39.5 Å². The molecule has 0 bridgehead atoms. The maximum Gasteiger partial charge on any atom is 0.136 e. The molecule has 4 nitrogen and oxygen atoms in total. The molecule has 2 aromatic carbocycles. The van der Waals surface area contributed by atoms with E-state index in [1.165, 1.54) is 0 Å². The minimum atomic E-state index is 0.116. The highest BCUT2D eigenvalue weighted by Gasteiger charge is 2.21. The number of phenolic OH excluding ortho intramolecular Hbond substituents is 2. The molecular formula is C22H26N2O2. The van der Waals surface area contributed by atoms with Crippen molar-refractivity contribution in [3.05, 3.63) is 53.7 Å². The van der Waals surface area contributed by atoms with Crippen molar-refractivity contribution in [2.24, 2.45) is 7.05 Å². The van der Waals surface area contributed by atoms with Crippen LogP contribution in [-0.2, 0) is 13.5 Å². The van der Waals surface area contributed by atoms with E-state index in [1.54, 1.807) is 16.9 Å². The van der Waals surface area contributed by atoms with Crippen LogP contribution in [0.2, 0.25) is 0 Å². The zero-order chi connectivity index (χ0) is 18.7. The molecule has 0 spiro atoms. The van der Waals surface area contributed by atoms with E-state index in [4.69, 9.17) is 0 Å². The molecule has 0 amide bonds. The Morgan fingerprint density at radius 3 is 2.50 bits per heavy atom. The van der Waals surface area contributed by atoms with Gasteiger partial charge in [-0.15, -0.1) is 0 Å². The van der Waals surface area contributed by atoms with Crippen LogP contribution in [0.1, 0.15) is 37.3 Å². The second-order valence-corrected chi connectivity index (χ2v) is 6.82. The van der Waals surface area contributed by atoms with E-state index in [0.29, 0.717) is 5.56 Å². The lowest BCUT2D eigenvalue weighted by molar-refractivity contribution is 0.453. The summed E-state index contributed by atoms with van der Waals surface area (Å²) in [5, 5.41) is 26.1. The first-order valence-electron chi connectivity index (χ1n) is 9.16. The summed E-state index contributed by atoms with van der Waals surface area (Å²) in [7, 11) is 1.86. The van der Waals surface area contributed by atoms with Crippen molar-refractivity contribution in [3.63, 3.8) is 0 Å². The second-order valence-electron chi connectivity index (χ2n) is 6.82. The summed E-state index contributed by atoms with van der Waals surface area (Å²) in [5.74, 6) is 0.233. The standard InChI is InChI=1S/C22H26N2O2/c1-4-5-6-9-17-14-19(25)21(16-10-7-8-15(2)13-16)22(26)20(17)18-11-12-23-24(18)3/h7-8,10-14,25-26H,4-6,9H2,1-3H3. The fourth-order valence-corrected chi connectivity index (χ4v) is 3.46. The Labute approximate surface area is 154 Å². The zero-order valence-electron chi connectivity index (χ0n) is 15.7. The maximum atomic E-state index is 11.1. The molecule has 0 saturated heterocycles. The highest BCUT2D eigenvalue weighted by molar-refractivity contribution is 5.87. The van der Waals surface area contributed by atoms with Crippen molar-refractivity contribution in [2.75, 3.05) is 0 Å². The van der Waals surface area contributed by atoms with Gasteiger partial charge in [-0.2, -0.15) is 5.10 Å². The lowest BCUT2D eigenvalue weighted by Gasteiger charge is -2.17. The number of rotatable bonds is 6. The van der Waals surface area contributed by atoms with Crippen LogP contribution < -0.4 is 0 Å².